The van der Waals surface area contributed by atoms with Crippen molar-refractivity contribution >= 4 is 6.03 Å². The highest BCUT2D eigenvalue weighted by Gasteiger charge is 2.12. The lowest BCUT2D eigenvalue weighted by molar-refractivity contribution is 0.237. The van der Waals surface area contributed by atoms with Crippen LogP contribution in [0.25, 0.3) is 0 Å². The predicted octanol–water partition coefficient (Wildman–Crippen LogP) is 3.57. The van der Waals surface area contributed by atoms with Crippen LogP contribution in [-0.4, -0.2) is 20.3 Å². The van der Waals surface area contributed by atoms with Crippen LogP contribution < -0.4 is 20.1 Å². The van der Waals surface area contributed by atoms with E-state index in [0.717, 1.165) is 16.7 Å². The molecule has 0 bridgehead atoms. The lowest BCUT2D eigenvalue weighted by Crippen LogP contribution is -2.36. The molecule has 0 spiro atoms. The number of carbonyl (C=O) groups excluding carboxylic acids is 1. The molecule has 2 aromatic rings. The monoisotopic (exact) mass is 328 g/mol. The van der Waals surface area contributed by atoms with Gasteiger partial charge in [-0.15, -0.1) is 0 Å². The van der Waals surface area contributed by atoms with Crippen molar-refractivity contribution in [2.24, 2.45) is 0 Å². The summed E-state index contributed by atoms with van der Waals surface area (Å²) in [4.78, 5) is 12.1. The van der Waals surface area contributed by atoms with Crippen LogP contribution in [0.1, 0.15) is 29.7 Å². The highest BCUT2D eigenvalue weighted by atomic mass is 16.5. The molecule has 2 rings (SSSR count). The van der Waals surface area contributed by atoms with E-state index in [1.165, 1.54) is 0 Å². The number of amides is 2. The summed E-state index contributed by atoms with van der Waals surface area (Å²) in [7, 11) is 3.19. The fraction of sp³-hybridized carbons (Fsp3) is 0.316. The first kappa shape index (κ1) is 17.7. The van der Waals surface area contributed by atoms with Gasteiger partial charge in [-0.25, -0.2) is 4.79 Å². The molecule has 0 fully saturated rings. The third-order valence-electron chi connectivity index (χ3n) is 3.96. The van der Waals surface area contributed by atoms with Crippen LogP contribution in [0.4, 0.5) is 4.79 Å². The minimum absolute atomic E-state index is 0.151. The number of aryl methyl sites for hydroxylation is 1. The number of ether oxygens (including phenoxy) is 2. The highest BCUT2D eigenvalue weighted by Crippen LogP contribution is 2.29. The number of rotatable bonds is 6. The van der Waals surface area contributed by atoms with Crippen molar-refractivity contribution in [2.45, 2.75) is 26.4 Å². The lowest BCUT2D eigenvalue weighted by Gasteiger charge is -2.17. The van der Waals surface area contributed by atoms with Crippen LogP contribution in [0, 0.1) is 6.92 Å². The molecule has 128 valence electrons. The summed E-state index contributed by atoms with van der Waals surface area (Å²) < 4.78 is 10.5. The third kappa shape index (κ3) is 4.41. The molecule has 2 N–H and O–H groups in total. The normalized spacial score (nSPS) is 11.5. The molecule has 0 aliphatic carbocycles. The first-order valence-corrected chi connectivity index (χ1v) is 7.86. The van der Waals surface area contributed by atoms with Crippen molar-refractivity contribution in [3.05, 3.63) is 59.2 Å². The molecule has 5 heteroatoms. The molecule has 0 saturated carbocycles. The van der Waals surface area contributed by atoms with Gasteiger partial charge < -0.3 is 20.1 Å². The molecule has 2 aromatic carbocycles. The molecular weight excluding hydrogens is 304 g/mol. The van der Waals surface area contributed by atoms with Crippen molar-refractivity contribution in [2.75, 3.05) is 14.2 Å². The van der Waals surface area contributed by atoms with E-state index < -0.39 is 0 Å². The number of hydrogen-bond acceptors (Lipinski definition) is 3. The van der Waals surface area contributed by atoms with E-state index in [-0.39, 0.29) is 12.1 Å². The van der Waals surface area contributed by atoms with Crippen LogP contribution in [0.5, 0.6) is 11.5 Å². The topological polar surface area (TPSA) is 59.6 Å². The number of carbonyl (C=O) groups is 1. The number of urea groups is 1. The molecular formula is C19H24N2O3. The maximum absolute atomic E-state index is 12.1. The van der Waals surface area contributed by atoms with Crippen molar-refractivity contribution in [1.29, 1.82) is 0 Å². The molecule has 0 aliphatic heterocycles. The fourth-order valence-corrected chi connectivity index (χ4v) is 2.44. The predicted molar refractivity (Wildman–Crippen MR) is 94.5 cm³/mol. The van der Waals surface area contributed by atoms with E-state index in [0.29, 0.717) is 18.0 Å². The van der Waals surface area contributed by atoms with Crippen LogP contribution in [-0.2, 0) is 6.54 Å². The smallest absolute Gasteiger partial charge is 0.315 e. The Balaban J connectivity index is 1.95. The zero-order chi connectivity index (χ0) is 17.5. The van der Waals surface area contributed by atoms with E-state index >= 15 is 0 Å². The Morgan fingerprint density at radius 3 is 2.46 bits per heavy atom. The van der Waals surface area contributed by atoms with E-state index in [4.69, 9.17) is 9.47 Å². The quantitative estimate of drug-likeness (QED) is 0.852. The Morgan fingerprint density at radius 1 is 1.08 bits per heavy atom. The van der Waals surface area contributed by atoms with E-state index in [2.05, 4.69) is 10.6 Å². The van der Waals surface area contributed by atoms with Crippen molar-refractivity contribution in [3.63, 3.8) is 0 Å². The largest absolute Gasteiger partial charge is 0.493 e. The van der Waals surface area contributed by atoms with Crippen LogP contribution in [0.2, 0.25) is 0 Å². The molecule has 1 atom stereocenters. The van der Waals surface area contributed by atoms with Gasteiger partial charge in [0, 0.05) is 6.54 Å². The van der Waals surface area contributed by atoms with Crippen LogP contribution in [0.15, 0.2) is 42.5 Å². The van der Waals surface area contributed by atoms with Gasteiger partial charge in [-0.2, -0.15) is 0 Å². The molecule has 0 aliphatic rings. The summed E-state index contributed by atoms with van der Waals surface area (Å²) in [6, 6.07) is 13.2. The van der Waals surface area contributed by atoms with E-state index in [9.17, 15) is 4.79 Å². The Kier molecular flexibility index (Phi) is 6.07. The second-order valence-corrected chi connectivity index (χ2v) is 5.59. The van der Waals surface area contributed by atoms with Gasteiger partial charge in [-0.3, -0.25) is 0 Å². The van der Waals surface area contributed by atoms with Crippen LogP contribution >= 0.6 is 0 Å². The molecule has 1 unspecified atom stereocenters. The average Bonchev–Trinajstić information content (AvgIpc) is 2.60. The van der Waals surface area contributed by atoms with Gasteiger partial charge in [0.1, 0.15) is 0 Å². The average molecular weight is 328 g/mol. The van der Waals surface area contributed by atoms with Gasteiger partial charge in [0.15, 0.2) is 11.5 Å². The van der Waals surface area contributed by atoms with Gasteiger partial charge in [0.05, 0.1) is 20.3 Å². The summed E-state index contributed by atoms with van der Waals surface area (Å²) in [6.07, 6.45) is 0. The van der Waals surface area contributed by atoms with Gasteiger partial charge in [0.25, 0.3) is 0 Å². The van der Waals surface area contributed by atoms with Gasteiger partial charge in [-0.1, -0.05) is 30.3 Å². The van der Waals surface area contributed by atoms with Crippen molar-refractivity contribution in [1.82, 2.24) is 10.6 Å². The third-order valence-corrected chi connectivity index (χ3v) is 3.96. The van der Waals surface area contributed by atoms with Crippen LogP contribution in [0.3, 0.4) is 0 Å². The first-order chi connectivity index (χ1) is 11.5. The van der Waals surface area contributed by atoms with Gasteiger partial charge in [-0.05, 0) is 42.7 Å². The number of benzene rings is 2. The van der Waals surface area contributed by atoms with E-state index in [1.807, 2.05) is 56.3 Å². The number of methoxy groups -OCH3 is 2. The summed E-state index contributed by atoms with van der Waals surface area (Å²) >= 11 is 0. The standard InChI is InChI=1S/C19H24N2O3/c1-13-7-5-6-8-16(13)12-20-19(22)21-14(2)15-9-10-17(23-3)18(11-15)24-4/h5-11,14H,12H2,1-4H3,(H2,20,21,22). The Labute approximate surface area is 143 Å². The van der Waals surface area contributed by atoms with Crippen molar-refractivity contribution in [3.8, 4) is 11.5 Å². The minimum atomic E-state index is -0.208. The SMILES string of the molecule is COc1ccc(C(C)NC(=O)NCc2ccccc2C)cc1OC. The highest BCUT2D eigenvalue weighted by molar-refractivity contribution is 5.74. The van der Waals surface area contributed by atoms with Gasteiger partial charge >= 0.3 is 6.03 Å². The first-order valence-electron chi connectivity index (χ1n) is 7.86. The maximum Gasteiger partial charge on any atom is 0.315 e. The summed E-state index contributed by atoms with van der Waals surface area (Å²) in [5, 5.41) is 5.81. The number of hydrogen-bond donors (Lipinski definition) is 2. The number of nitrogens with one attached hydrogen (secondary N) is 2. The lowest BCUT2D eigenvalue weighted by atomic mass is 10.1. The Hall–Kier alpha value is -2.69. The second kappa shape index (κ2) is 8.24. The summed E-state index contributed by atoms with van der Waals surface area (Å²) in [5.41, 5.74) is 3.20. The fourth-order valence-electron chi connectivity index (χ4n) is 2.44. The molecule has 2 amide bonds. The van der Waals surface area contributed by atoms with Crippen molar-refractivity contribution < 1.29 is 14.3 Å². The van der Waals surface area contributed by atoms with E-state index in [1.54, 1.807) is 14.2 Å². The molecule has 0 heterocycles. The zero-order valence-corrected chi connectivity index (χ0v) is 14.6. The minimum Gasteiger partial charge on any atom is -0.493 e. The second-order valence-electron chi connectivity index (χ2n) is 5.59. The Morgan fingerprint density at radius 2 is 1.79 bits per heavy atom. The van der Waals surface area contributed by atoms with Gasteiger partial charge in [0.2, 0.25) is 0 Å². The molecule has 0 aromatic heterocycles. The maximum atomic E-state index is 12.1. The Bertz CT molecular complexity index is 701. The summed E-state index contributed by atoms with van der Waals surface area (Å²) in [6.45, 7) is 4.45. The molecule has 24 heavy (non-hydrogen) atoms. The molecule has 5 nitrogen and oxygen atoms in total. The molecule has 0 radical (unpaired) electrons. The summed E-state index contributed by atoms with van der Waals surface area (Å²) in [5.74, 6) is 1.31. The zero-order valence-electron chi connectivity index (χ0n) is 14.6. The molecule has 0 saturated heterocycles.